The van der Waals surface area contributed by atoms with Gasteiger partial charge in [-0.25, -0.2) is 12.8 Å². The second-order valence-electron chi connectivity index (χ2n) is 7.34. The molecule has 1 saturated heterocycles. The van der Waals surface area contributed by atoms with E-state index in [1.807, 2.05) is 6.07 Å². The van der Waals surface area contributed by atoms with Crippen LogP contribution in [0.1, 0.15) is 11.1 Å². The van der Waals surface area contributed by atoms with Crippen LogP contribution < -0.4 is 0 Å². The van der Waals surface area contributed by atoms with Gasteiger partial charge in [0.05, 0.1) is 6.54 Å². The number of piperazine rings is 1. The molecule has 0 atom stereocenters. The SMILES string of the molecule is Cc1cccc(CN2CCN(C(=O)CN(C)S(=O)(=O)c3ccccc3F)CC2)c1. The molecule has 6 nitrogen and oxygen atoms in total. The molecule has 1 amide bonds. The molecule has 3 rings (SSSR count). The van der Waals surface area contributed by atoms with E-state index < -0.39 is 20.7 Å². The summed E-state index contributed by atoms with van der Waals surface area (Å²) < 4.78 is 39.9. The van der Waals surface area contributed by atoms with Gasteiger partial charge in [0.25, 0.3) is 0 Å². The average molecular weight is 420 g/mol. The van der Waals surface area contributed by atoms with Gasteiger partial charge in [-0.15, -0.1) is 0 Å². The Labute approximate surface area is 171 Å². The summed E-state index contributed by atoms with van der Waals surface area (Å²) in [5.74, 6) is -1.10. The minimum Gasteiger partial charge on any atom is -0.339 e. The van der Waals surface area contributed by atoms with Gasteiger partial charge in [0.1, 0.15) is 10.7 Å². The number of halogens is 1. The molecule has 1 fully saturated rings. The second kappa shape index (κ2) is 9.02. The number of carbonyl (C=O) groups excluding carboxylic acids is 1. The van der Waals surface area contributed by atoms with E-state index in [4.69, 9.17) is 0 Å². The molecule has 2 aromatic carbocycles. The van der Waals surface area contributed by atoms with E-state index in [9.17, 15) is 17.6 Å². The largest absolute Gasteiger partial charge is 0.339 e. The summed E-state index contributed by atoms with van der Waals surface area (Å²) in [6, 6.07) is 13.5. The number of benzene rings is 2. The Kier molecular flexibility index (Phi) is 6.66. The maximum absolute atomic E-state index is 13.9. The van der Waals surface area contributed by atoms with Gasteiger partial charge in [-0.1, -0.05) is 42.0 Å². The molecule has 1 heterocycles. The minimum atomic E-state index is -4.06. The fourth-order valence-corrected chi connectivity index (χ4v) is 4.60. The zero-order valence-electron chi connectivity index (χ0n) is 16.7. The van der Waals surface area contributed by atoms with Gasteiger partial charge in [0, 0.05) is 39.8 Å². The zero-order chi connectivity index (χ0) is 21.0. The highest BCUT2D eigenvalue weighted by atomic mass is 32.2. The number of amides is 1. The van der Waals surface area contributed by atoms with Gasteiger partial charge in [-0.3, -0.25) is 9.69 Å². The predicted molar refractivity (Wildman–Crippen MR) is 109 cm³/mol. The first kappa shape index (κ1) is 21.4. The summed E-state index contributed by atoms with van der Waals surface area (Å²) in [4.78, 5) is 16.1. The monoisotopic (exact) mass is 419 g/mol. The number of sulfonamides is 1. The Morgan fingerprint density at radius 3 is 2.41 bits per heavy atom. The van der Waals surface area contributed by atoms with Crippen LogP contribution in [0.4, 0.5) is 4.39 Å². The topological polar surface area (TPSA) is 60.9 Å². The number of hydrogen-bond acceptors (Lipinski definition) is 4. The molecule has 8 heteroatoms. The molecular weight excluding hydrogens is 393 g/mol. The molecule has 2 aromatic rings. The maximum Gasteiger partial charge on any atom is 0.246 e. The molecule has 0 N–H and O–H groups in total. The molecule has 0 radical (unpaired) electrons. The van der Waals surface area contributed by atoms with Crippen LogP contribution in [0.2, 0.25) is 0 Å². The summed E-state index contributed by atoms with van der Waals surface area (Å²) in [5, 5.41) is 0. The molecule has 29 heavy (non-hydrogen) atoms. The highest BCUT2D eigenvalue weighted by Crippen LogP contribution is 2.18. The Morgan fingerprint density at radius 1 is 1.07 bits per heavy atom. The van der Waals surface area contributed by atoms with Crippen LogP contribution in [0.3, 0.4) is 0 Å². The first-order valence-electron chi connectivity index (χ1n) is 9.54. The van der Waals surface area contributed by atoms with Crippen molar-refractivity contribution in [2.75, 3.05) is 39.8 Å². The minimum absolute atomic E-state index is 0.275. The van der Waals surface area contributed by atoms with Crippen molar-refractivity contribution >= 4 is 15.9 Å². The molecule has 0 spiro atoms. The number of aryl methyl sites for hydroxylation is 1. The summed E-state index contributed by atoms with van der Waals surface area (Å²) in [6.45, 7) is 5.11. The smallest absolute Gasteiger partial charge is 0.246 e. The molecule has 0 bridgehead atoms. The van der Waals surface area contributed by atoms with E-state index in [0.29, 0.717) is 13.1 Å². The number of carbonyl (C=O) groups is 1. The van der Waals surface area contributed by atoms with Crippen LogP contribution in [0.5, 0.6) is 0 Å². The normalized spacial score (nSPS) is 15.7. The van der Waals surface area contributed by atoms with Gasteiger partial charge in [0.2, 0.25) is 15.9 Å². The van der Waals surface area contributed by atoms with E-state index in [0.717, 1.165) is 30.0 Å². The van der Waals surface area contributed by atoms with Crippen LogP contribution in [0, 0.1) is 12.7 Å². The van der Waals surface area contributed by atoms with Crippen LogP contribution >= 0.6 is 0 Å². The summed E-state index contributed by atoms with van der Waals surface area (Å²) in [7, 11) is -2.76. The molecule has 0 saturated carbocycles. The Hall–Kier alpha value is -2.29. The second-order valence-corrected chi connectivity index (χ2v) is 9.35. The first-order chi connectivity index (χ1) is 13.8. The van der Waals surface area contributed by atoms with E-state index >= 15 is 0 Å². The van der Waals surface area contributed by atoms with Crippen molar-refractivity contribution < 1.29 is 17.6 Å². The zero-order valence-corrected chi connectivity index (χ0v) is 17.5. The van der Waals surface area contributed by atoms with Crippen molar-refractivity contribution in [2.45, 2.75) is 18.4 Å². The summed E-state index contributed by atoms with van der Waals surface area (Å²) in [6.07, 6.45) is 0. The summed E-state index contributed by atoms with van der Waals surface area (Å²) in [5.41, 5.74) is 2.45. The Balaban J connectivity index is 1.55. The van der Waals surface area contributed by atoms with Crippen molar-refractivity contribution in [3.8, 4) is 0 Å². The third kappa shape index (κ3) is 5.20. The lowest BCUT2D eigenvalue weighted by atomic mass is 10.1. The van der Waals surface area contributed by atoms with Crippen molar-refractivity contribution in [3.63, 3.8) is 0 Å². The highest BCUT2D eigenvalue weighted by Gasteiger charge is 2.28. The summed E-state index contributed by atoms with van der Waals surface area (Å²) >= 11 is 0. The fraction of sp³-hybridized carbons (Fsp3) is 0.381. The highest BCUT2D eigenvalue weighted by molar-refractivity contribution is 7.89. The van der Waals surface area contributed by atoms with Gasteiger partial charge >= 0.3 is 0 Å². The Bertz CT molecular complexity index is 973. The molecule has 1 aliphatic rings. The lowest BCUT2D eigenvalue weighted by Gasteiger charge is -2.35. The molecule has 0 aromatic heterocycles. The standard InChI is InChI=1S/C21H26FN3O3S/c1-17-6-5-7-18(14-17)15-24-10-12-25(13-11-24)21(26)16-23(2)29(27,28)20-9-4-3-8-19(20)22/h3-9,14H,10-13,15-16H2,1-2H3. The van der Waals surface area contributed by atoms with E-state index in [1.54, 1.807) is 4.90 Å². The van der Waals surface area contributed by atoms with Crippen molar-refractivity contribution in [1.29, 1.82) is 0 Å². The molecule has 0 aliphatic carbocycles. The van der Waals surface area contributed by atoms with Crippen LogP contribution in [-0.4, -0.2) is 68.2 Å². The third-order valence-electron chi connectivity index (χ3n) is 5.10. The first-order valence-corrected chi connectivity index (χ1v) is 11.0. The number of hydrogen-bond donors (Lipinski definition) is 0. The van der Waals surface area contributed by atoms with E-state index in [1.165, 1.54) is 36.4 Å². The van der Waals surface area contributed by atoms with E-state index in [2.05, 4.69) is 30.0 Å². The van der Waals surface area contributed by atoms with Crippen LogP contribution in [-0.2, 0) is 21.4 Å². The van der Waals surface area contributed by atoms with Gasteiger partial charge in [-0.05, 0) is 24.6 Å². The van der Waals surface area contributed by atoms with E-state index in [-0.39, 0.29) is 12.5 Å². The quantitative estimate of drug-likeness (QED) is 0.720. The Morgan fingerprint density at radius 2 is 1.76 bits per heavy atom. The maximum atomic E-state index is 13.9. The van der Waals surface area contributed by atoms with Gasteiger partial charge < -0.3 is 4.90 Å². The van der Waals surface area contributed by atoms with Crippen molar-refractivity contribution in [3.05, 3.63) is 65.5 Å². The third-order valence-corrected chi connectivity index (χ3v) is 6.93. The molecule has 0 unspecified atom stereocenters. The molecule has 156 valence electrons. The van der Waals surface area contributed by atoms with Crippen molar-refractivity contribution in [2.24, 2.45) is 0 Å². The lowest BCUT2D eigenvalue weighted by molar-refractivity contribution is -0.133. The molecule has 1 aliphatic heterocycles. The number of nitrogens with zero attached hydrogens (tertiary/aromatic N) is 3. The van der Waals surface area contributed by atoms with Crippen LogP contribution in [0.15, 0.2) is 53.4 Å². The lowest BCUT2D eigenvalue weighted by Crippen LogP contribution is -2.51. The fourth-order valence-electron chi connectivity index (χ4n) is 3.42. The predicted octanol–water partition coefficient (Wildman–Crippen LogP) is 2.10. The van der Waals surface area contributed by atoms with Gasteiger partial charge in [-0.2, -0.15) is 4.31 Å². The molecular formula is C21H26FN3O3S. The average Bonchev–Trinajstić information content (AvgIpc) is 2.68. The number of likely N-dealkylation sites (N-methyl/N-ethyl adjacent to an activating group) is 1. The van der Waals surface area contributed by atoms with Crippen molar-refractivity contribution in [1.82, 2.24) is 14.1 Å². The van der Waals surface area contributed by atoms with Crippen LogP contribution in [0.25, 0.3) is 0 Å². The number of rotatable bonds is 6. The van der Waals surface area contributed by atoms with Gasteiger partial charge in [0.15, 0.2) is 0 Å².